The molecule has 1 fully saturated rings. The van der Waals surface area contributed by atoms with Crippen LogP contribution in [0.4, 0.5) is 23.4 Å². The summed E-state index contributed by atoms with van der Waals surface area (Å²) in [7, 11) is -2.86. The van der Waals surface area contributed by atoms with E-state index in [0.29, 0.717) is 22.5 Å². The molecule has 18 heteroatoms. The van der Waals surface area contributed by atoms with Gasteiger partial charge in [0.2, 0.25) is 0 Å². The second-order valence-corrected chi connectivity index (χ2v) is 14.7. The summed E-state index contributed by atoms with van der Waals surface area (Å²) < 4.78 is 66.9. The number of carbonyl (C=O) groups excluding carboxylic acids is 2. The van der Waals surface area contributed by atoms with E-state index in [1.165, 1.54) is 44.3 Å². The summed E-state index contributed by atoms with van der Waals surface area (Å²) >= 11 is 3.61. The molecular weight excluding hydrogens is 735 g/mol. The number of thioether (sulfide) groups is 2. The fourth-order valence-electron chi connectivity index (χ4n) is 3.20. The molecule has 0 radical (unpaired) electrons. The fourth-order valence-corrected chi connectivity index (χ4v) is 4.98. The number of aromatic nitrogens is 2. The smallest absolute Gasteiger partial charge is 1.00 e. The number of hydrogen-bond acceptors (Lipinski definition) is 11. The Labute approximate surface area is 371 Å². The van der Waals surface area contributed by atoms with Crippen molar-refractivity contribution in [2.24, 2.45) is 4.36 Å². The minimum Gasteiger partial charge on any atom is -1.00 e. The Morgan fingerprint density at radius 1 is 1.06 bits per heavy atom. The average molecular weight is 777 g/mol. The molecule has 0 spiro atoms. The third-order valence-electron chi connectivity index (χ3n) is 6.14. The Hall–Kier alpha value is 0.583. The van der Waals surface area contributed by atoms with Crippen LogP contribution in [0.15, 0.2) is 53.3 Å². The van der Waals surface area contributed by atoms with Crippen molar-refractivity contribution in [3.63, 3.8) is 0 Å². The maximum Gasteiger partial charge on any atom is 1.00 e. The van der Waals surface area contributed by atoms with Gasteiger partial charge in [0.15, 0.2) is 5.82 Å². The van der Waals surface area contributed by atoms with Crippen molar-refractivity contribution in [3.8, 4) is 0 Å². The molecule has 4 atom stereocenters. The molecular formula is C29H42F4K2N4O5S3. The van der Waals surface area contributed by atoms with Crippen LogP contribution in [0.5, 0.6) is 0 Å². The molecule has 1 aliphatic rings. The largest absolute Gasteiger partial charge is 1.00 e. The van der Waals surface area contributed by atoms with Gasteiger partial charge in [-0.25, -0.2) is 13.6 Å². The first-order valence-corrected chi connectivity index (χ1v) is 18.2. The summed E-state index contributed by atoms with van der Waals surface area (Å²) in [5.74, 6) is -0.461. The monoisotopic (exact) mass is 776 g/mol. The van der Waals surface area contributed by atoms with Gasteiger partial charge >= 0.3 is 109 Å². The van der Waals surface area contributed by atoms with E-state index >= 15 is 0 Å². The molecule has 3 heterocycles. The standard InChI is InChI=1S/C14H13F4N3OS.C9H17NS.C5H10OS.CH2O3.2K.H/c1-9(10-3-5-12(19-7-10)14(16,17)18)23(2,22)21-13-6-4-11(15)8-20-13;1-9(11-2)5-8-10-6-3-4-7-10;1-5(7-2)3-4-6;2-1-4-3;;;/h3-9H,1-2H3;5,8-9H,3-4,6-7H2,1-2H3;4-5H,3H2,1-2H3;1,3H;;;/q;;;;2*+1;-1/p-1. The van der Waals surface area contributed by atoms with Crippen molar-refractivity contribution in [1.82, 2.24) is 14.9 Å². The Morgan fingerprint density at radius 2 is 1.66 bits per heavy atom. The zero-order valence-electron chi connectivity index (χ0n) is 29.1. The van der Waals surface area contributed by atoms with Gasteiger partial charge in [-0.1, -0.05) is 19.1 Å². The molecule has 0 aliphatic carbocycles. The van der Waals surface area contributed by atoms with E-state index in [1.807, 2.05) is 24.9 Å². The van der Waals surface area contributed by atoms with Crippen molar-refractivity contribution in [1.29, 1.82) is 0 Å². The SMILES string of the molecule is CC(c1ccc(C(F)(F)F)nc1)S(C)(=O)=Nc1ccc(F)cn1.CSC(C)C=CN1CCCC1.CSC(C)CC=O.O=CO[O-].[H-].[K+].[K+]. The van der Waals surface area contributed by atoms with Crippen LogP contribution in [0.1, 0.15) is 58.0 Å². The zero-order chi connectivity index (χ0) is 34.5. The van der Waals surface area contributed by atoms with E-state index in [0.717, 1.165) is 30.8 Å². The van der Waals surface area contributed by atoms with E-state index in [1.54, 1.807) is 18.7 Å². The van der Waals surface area contributed by atoms with E-state index in [-0.39, 0.29) is 116 Å². The molecule has 2 aromatic rings. The molecule has 9 nitrogen and oxygen atoms in total. The third kappa shape index (κ3) is 24.4. The van der Waals surface area contributed by atoms with E-state index < -0.39 is 32.7 Å². The van der Waals surface area contributed by atoms with Crippen molar-refractivity contribution in [2.75, 3.05) is 31.9 Å². The van der Waals surface area contributed by atoms with Gasteiger partial charge in [0.25, 0.3) is 6.47 Å². The predicted molar refractivity (Wildman–Crippen MR) is 173 cm³/mol. The molecule has 0 saturated carbocycles. The van der Waals surface area contributed by atoms with Crippen LogP contribution in [-0.4, -0.2) is 74.2 Å². The summed E-state index contributed by atoms with van der Waals surface area (Å²) in [6.45, 7) is 8.19. The fraction of sp³-hybridized carbons (Fsp3) is 0.517. The van der Waals surface area contributed by atoms with Crippen molar-refractivity contribution >= 4 is 51.8 Å². The van der Waals surface area contributed by atoms with Gasteiger partial charge in [0.1, 0.15) is 17.8 Å². The van der Waals surface area contributed by atoms with Gasteiger partial charge in [0.05, 0.1) is 21.2 Å². The van der Waals surface area contributed by atoms with Crippen LogP contribution in [-0.2, 0) is 30.4 Å². The molecule has 4 unspecified atom stereocenters. The molecule has 47 heavy (non-hydrogen) atoms. The summed E-state index contributed by atoms with van der Waals surface area (Å²) in [6, 6.07) is 4.46. The molecule has 2 aromatic heterocycles. The number of aldehydes is 1. The van der Waals surface area contributed by atoms with E-state index in [2.05, 4.69) is 49.6 Å². The number of rotatable bonds is 10. The predicted octanol–water partition coefficient (Wildman–Crippen LogP) is 0.355. The summed E-state index contributed by atoms with van der Waals surface area (Å²) in [5, 5.41) is 8.91. The van der Waals surface area contributed by atoms with Crippen molar-refractivity contribution in [3.05, 3.63) is 66.0 Å². The van der Waals surface area contributed by atoms with Crippen LogP contribution >= 0.6 is 23.5 Å². The molecule has 0 amide bonds. The molecule has 256 valence electrons. The maximum atomic E-state index is 12.8. The molecule has 1 saturated heterocycles. The number of nitrogens with zero attached hydrogens (tertiary/aromatic N) is 4. The molecule has 3 rings (SSSR count). The van der Waals surface area contributed by atoms with Crippen LogP contribution in [0.3, 0.4) is 0 Å². The number of likely N-dealkylation sites (tertiary alicyclic amines) is 1. The Balaban J connectivity index is -0.000000324. The first-order valence-electron chi connectivity index (χ1n) is 13.6. The Kier molecular flexibility index (Phi) is 32.3. The topological polar surface area (TPSA) is 125 Å². The van der Waals surface area contributed by atoms with Crippen LogP contribution < -0.4 is 108 Å². The number of pyridine rings is 2. The minimum atomic E-state index is -4.53. The molecule has 0 N–H and O–H groups in total. The summed E-state index contributed by atoms with van der Waals surface area (Å²) in [6.07, 6.45) is 11.9. The third-order valence-corrected chi connectivity index (χ3v) is 10.2. The second kappa shape index (κ2) is 29.2. The number of carbonyl (C=O) groups is 2. The normalized spacial score (nSPS) is 15.2. The zero-order valence-corrected chi connectivity index (χ0v) is 36.8. The maximum absolute atomic E-state index is 12.8. The van der Waals surface area contributed by atoms with E-state index in [9.17, 15) is 26.6 Å². The van der Waals surface area contributed by atoms with Crippen molar-refractivity contribution < 1.29 is 146 Å². The second-order valence-electron chi connectivity index (χ2n) is 9.57. The van der Waals surface area contributed by atoms with Crippen LogP contribution in [0, 0.1) is 5.82 Å². The van der Waals surface area contributed by atoms with Gasteiger partial charge in [-0.3, -0.25) is 9.78 Å². The van der Waals surface area contributed by atoms with Gasteiger partial charge in [-0.15, -0.1) is 0 Å². The average Bonchev–Trinajstić information content (AvgIpc) is 3.55. The van der Waals surface area contributed by atoms with Gasteiger partial charge < -0.3 is 21.3 Å². The summed E-state index contributed by atoms with van der Waals surface area (Å²) in [5.41, 5.74) is -0.662. The van der Waals surface area contributed by atoms with E-state index in [4.69, 9.17) is 10.1 Å². The number of halogens is 4. The first kappa shape index (κ1) is 51.9. The van der Waals surface area contributed by atoms with Crippen molar-refractivity contribution in [2.45, 2.75) is 62.0 Å². The molecule has 0 bridgehead atoms. The quantitative estimate of drug-likeness (QED) is 0.110. The van der Waals surface area contributed by atoms with Gasteiger partial charge in [-0.2, -0.15) is 41.1 Å². The molecule has 0 aromatic carbocycles. The first-order chi connectivity index (χ1) is 21.1. The van der Waals surface area contributed by atoms with Gasteiger partial charge in [-0.05, 0) is 69.2 Å². The summed E-state index contributed by atoms with van der Waals surface area (Å²) in [4.78, 5) is 30.5. The van der Waals surface area contributed by atoms with Gasteiger partial charge in [0, 0.05) is 42.5 Å². The number of hydrogen-bond donors (Lipinski definition) is 0. The van der Waals surface area contributed by atoms with Crippen LogP contribution in [0.2, 0.25) is 0 Å². The Bertz CT molecular complexity index is 1270. The Morgan fingerprint density at radius 3 is 2.04 bits per heavy atom. The van der Waals surface area contributed by atoms with Crippen LogP contribution in [0.25, 0.3) is 0 Å². The molecule has 1 aliphatic heterocycles. The minimum absolute atomic E-state index is 0. The number of alkyl halides is 3.